The summed E-state index contributed by atoms with van der Waals surface area (Å²) < 4.78 is 39.3. The van der Waals surface area contributed by atoms with Crippen LogP contribution in [0.5, 0.6) is 0 Å². The molecule has 1 aliphatic rings. The maximum atomic E-state index is 12.8. The molecule has 21 heavy (non-hydrogen) atoms. The maximum Gasteiger partial charge on any atom is 0.281 e. The van der Waals surface area contributed by atoms with Crippen molar-refractivity contribution in [3.8, 4) is 0 Å². The molecular weight excluding hydrogens is 297 g/mol. The summed E-state index contributed by atoms with van der Waals surface area (Å²) in [6, 6.07) is 5.33. The monoisotopic (exact) mass is 315 g/mol. The zero-order valence-electron chi connectivity index (χ0n) is 12.0. The predicted octanol–water partition coefficient (Wildman–Crippen LogP) is 0.390. The number of amides is 1. The van der Waals surface area contributed by atoms with Gasteiger partial charge in [0.2, 0.25) is 0 Å². The Balaban J connectivity index is 2.01. The van der Waals surface area contributed by atoms with Crippen LogP contribution in [0.25, 0.3) is 0 Å². The maximum absolute atomic E-state index is 12.8. The second kappa shape index (κ2) is 6.08. The van der Waals surface area contributed by atoms with E-state index in [2.05, 4.69) is 0 Å². The van der Waals surface area contributed by atoms with Crippen LogP contribution in [0.15, 0.2) is 24.3 Å². The highest BCUT2D eigenvalue weighted by Crippen LogP contribution is 2.13. The van der Waals surface area contributed by atoms with Gasteiger partial charge in [-0.05, 0) is 24.3 Å². The quantitative estimate of drug-likeness (QED) is 0.811. The molecule has 2 rings (SSSR count). The first-order chi connectivity index (χ1) is 9.82. The Morgan fingerprint density at radius 1 is 1.10 bits per heavy atom. The third-order valence-electron chi connectivity index (χ3n) is 3.40. The van der Waals surface area contributed by atoms with Gasteiger partial charge in [0, 0.05) is 45.8 Å². The second-order valence-corrected chi connectivity index (χ2v) is 7.13. The number of halogens is 1. The number of benzene rings is 1. The SMILES string of the molecule is CN(C)S(=O)(=O)N1CCN(C(=O)c2ccc(F)cc2)CC1. The van der Waals surface area contributed by atoms with Crippen LogP contribution >= 0.6 is 0 Å². The molecular formula is C13H18FN3O3S. The summed E-state index contributed by atoms with van der Waals surface area (Å²) >= 11 is 0. The van der Waals surface area contributed by atoms with Crippen LogP contribution < -0.4 is 0 Å². The van der Waals surface area contributed by atoms with Gasteiger partial charge in [0.05, 0.1) is 0 Å². The van der Waals surface area contributed by atoms with E-state index in [1.54, 1.807) is 4.90 Å². The number of carbonyl (C=O) groups is 1. The number of nitrogens with zero attached hydrogens (tertiary/aromatic N) is 3. The number of hydrogen-bond donors (Lipinski definition) is 0. The summed E-state index contributed by atoms with van der Waals surface area (Å²) in [5.41, 5.74) is 0.403. The molecule has 0 aromatic heterocycles. The molecule has 6 nitrogen and oxygen atoms in total. The van der Waals surface area contributed by atoms with Crippen LogP contribution in [0.2, 0.25) is 0 Å². The zero-order chi connectivity index (χ0) is 15.6. The van der Waals surface area contributed by atoms with Gasteiger partial charge in [-0.15, -0.1) is 0 Å². The molecule has 1 amide bonds. The molecule has 1 aromatic carbocycles. The smallest absolute Gasteiger partial charge is 0.281 e. The van der Waals surface area contributed by atoms with E-state index in [4.69, 9.17) is 0 Å². The van der Waals surface area contributed by atoms with Crippen molar-refractivity contribution in [2.24, 2.45) is 0 Å². The fraction of sp³-hybridized carbons (Fsp3) is 0.462. The van der Waals surface area contributed by atoms with Crippen molar-refractivity contribution in [2.45, 2.75) is 0 Å². The molecule has 1 heterocycles. The lowest BCUT2D eigenvalue weighted by Gasteiger charge is -2.35. The first-order valence-corrected chi connectivity index (χ1v) is 7.94. The fourth-order valence-corrected chi connectivity index (χ4v) is 3.21. The molecule has 0 saturated carbocycles. The molecule has 116 valence electrons. The van der Waals surface area contributed by atoms with Crippen LogP contribution in [0.3, 0.4) is 0 Å². The van der Waals surface area contributed by atoms with E-state index < -0.39 is 16.0 Å². The Kier molecular flexibility index (Phi) is 4.60. The fourth-order valence-electron chi connectivity index (χ4n) is 2.13. The molecule has 0 aliphatic carbocycles. The van der Waals surface area contributed by atoms with Gasteiger partial charge in [-0.1, -0.05) is 0 Å². The third-order valence-corrected chi connectivity index (χ3v) is 5.35. The van der Waals surface area contributed by atoms with Crippen molar-refractivity contribution in [1.82, 2.24) is 13.5 Å². The summed E-state index contributed by atoms with van der Waals surface area (Å²) in [6.45, 7) is 1.16. The van der Waals surface area contributed by atoms with E-state index >= 15 is 0 Å². The van der Waals surface area contributed by atoms with E-state index in [1.807, 2.05) is 0 Å². The topological polar surface area (TPSA) is 60.9 Å². The lowest BCUT2D eigenvalue weighted by molar-refractivity contribution is 0.0695. The van der Waals surface area contributed by atoms with Crippen molar-refractivity contribution in [3.05, 3.63) is 35.6 Å². The van der Waals surface area contributed by atoms with Gasteiger partial charge in [0.25, 0.3) is 16.1 Å². The summed E-state index contributed by atoms with van der Waals surface area (Å²) in [7, 11) is -0.485. The number of piperazine rings is 1. The van der Waals surface area contributed by atoms with E-state index in [1.165, 1.54) is 42.7 Å². The molecule has 1 fully saturated rings. The molecule has 0 atom stereocenters. The minimum absolute atomic E-state index is 0.211. The van der Waals surface area contributed by atoms with Crippen LogP contribution in [0.4, 0.5) is 4.39 Å². The van der Waals surface area contributed by atoms with Crippen molar-refractivity contribution in [3.63, 3.8) is 0 Å². The summed E-state index contributed by atoms with van der Waals surface area (Å²) in [5.74, 6) is -0.606. The molecule has 1 aliphatic heterocycles. The van der Waals surface area contributed by atoms with Crippen molar-refractivity contribution in [1.29, 1.82) is 0 Å². The Bertz CT molecular complexity index is 608. The first-order valence-electron chi connectivity index (χ1n) is 6.55. The average Bonchev–Trinajstić information content (AvgIpc) is 2.47. The Hall–Kier alpha value is -1.51. The standard InChI is InChI=1S/C13H18FN3O3S/c1-15(2)21(19,20)17-9-7-16(8-10-17)13(18)11-3-5-12(14)6-4-11/h3-6H,7-10H2,1-2H3. The lowest BCUT2D eigenvalue weighted by Crippen LogP contribution is -2.53. The van der Waals surface area contributed by atoms with E-state index in [0.29, 0.717) is 18.7 Å². The van der Waals surface area contributed by atoms with E-state index in [0.717, 1.165) is 4.31 Å². The van der Waals surface area contributed by atoms with Crippen LogP contribution in [0.1, 0.15) is 10.4 Å². The largest absolute Gasteiger partial charge is 0.336 e. The van der Waals surface area contributed by atoms with Gasteiger partial charge >= 0.3 is 0 Å². The minimum Gasteiger partial charge on any atom is -0.336 e. The van der Waals surface area contributed by atoms with Crippen LogP contribution in [-0.4, -0.2) is 68.1 Å². The Morgan fingerprint density at radius 3 is 2.10 bits per heavy atom. The van der Waals surface area contributed by atoms with E-state index in [-0.39, 0.29) is 19.0 Å². The first kappa shape index (κ1) is 15.9. The van der Waals surface area contributed by atoms with Gasteiger partial charge in [-0.25, -0.2) is 4.39 Å². The lowest BCUT2D eigenvalue weighted by atomic mass is 10.2. The number of hydrogen-bond acceptors (Lipinski definition) is 3. The average molecular weight is 315 g/mol. The van der Waals surface area contributed by atoms with Gasteiger partial charge in [-0.3, -0.25) is 4.79 Å². The highest BCUT2D eigenvalue weighted by atomic mass is 32.2. The van der Waals surface area contributed by atoms with Crippen molar-refractivity contribution in [2.75, 3.05) is 40.3 Å². The highest BCUT2D eigenvalue weighted by Gasteiger charge is 2.30. The summed E-state index contributed by atoms with van der Waals surface area (Å²) in [4.78, 5) is 13.8. The van der Waals surface area contributed by atoms with E-state index in [9.17, 15) is 17.6 Å². The van der Waals surface area contributed by atoms with Crippen LogP contribution in [0, 0.1) is 5.82 Å². The number of rotatable bonds is 3. The molecule has 8 heteroatoms. The van der Waals surface area contributed by atoms with Crippen molar-refractivity contribution >= 4 is 16.1 Å². The number of carbonyl (C=O) groups excluding carboxylic acids is 1. The molecule has 0 radical (unpaired) electrons. The van der Waals surface area contributed by atoms with Crippen LogP contribution in [-0.2, 0) is 10.2 Å². The van der Waals surface area contributed by atoms with Gasteiger partial charge in [-0.2, -0.15) is 17.0 Å². The van der Waals surface area contributed by atoms with Gasteiger partial charge < -0.3 is 4.90 Å². The van der Waals surface area contributed by atoms with Gasteiger partial charge in [0.15, 0.2) is 0 Å². The molecule has 1 aromatic rings. The molecule has 0 spiro atoms. The molecule has 1 saturated heterocycles. The third kappa shape index (κ3) is 3.39. The molecule has 0 N–H and O–H groups in total. The minimum atomic E-state index is -3.44. The second-order valence-electron chi connectivity index (χ2n) is 4.99. The Morgan fingerprint density at radius 2 is 1.62 bits per heavy atom. The summed E-state index contributed by atoms with van der Waals surface area (Å²) in [6.07, 6.45) is 0. The molecule has 0 bridgehead atoms. The highest BCUT2D eigenvalue weighted by molar-refractivity contribution is 7.86. The zero-order valence-corrected chi connectivity index (χ0v) is 12.8. The van der Waals surface area contributed by atoms with Gasteiger partial charge in [0.1, 0.15) is 5.82 Å². The predicted molar refractivity (Wildman–Crippen MR) is 76.5 cm³/mol. The Labute approximate surface area is 123 Å². The molecule has 0 unspecified atom stereocenters. The van der Waals surface area contributed by atoms with Crippen molar-refractivity contribution < 1.29 is 17.6 Å². The normalized spacial score (nSPS) is 17.2. The summed E-state index contributed by atoms with van der Waals surface area (Å²) in [5, 5.41) is 0.